The number of para-hydroxylation sites is 3. The van der Waals surface area contributed by atoms with Gasteiger partial charge in [-0.15, -0.1) is 0 Å². The Labute approximate surface area is 365 Å². The molecule has 0 atom stereocenters. The minimum Gasteiger partial charge on any atom is -0.310 e. The fourth-order valence-electron chi connectivity index (χ4n) is 11.9. The van der Waals surface area contributed by atoms with Gasteiger partial charge in [-0.3, -0.25) is 8.97 Å². The molecule has 9 aromatic carbocycles. The first-order valence-electron chi connectivity index (χ1n) is 22.0. The Kier molecular flexibility index (Phi) is 6.80. The van der Waals surface area contributed by atoms with Crippen LogP contribution in [0.4, 0.5) is 17.1 Å². The van der Waals surface area contributed by atoms with Crippen LogP contribution in [-0.2, 0) is 10.8 Å². The van der Waals surface area contributed by atoms with Crippen molar-refractivity contribution in [1.82, 2.24) is 14.0 Å². The second-order valence-electron chi connectivity index (χ2n) is 17.9. The first-order chi connectivity index (χ1) is 31.0. The standard InChI is InChI=1S/C59H40N4/c1-58(2)46-24-10-6-19-40(46)44-33-31-38(35-50(44)58)61(39-32-34-53-55(36-39)63-52-29-15-14-28-51(52)60-57(63)62(53)37-17-4-3-5-18-37)54-30-16-23-45-43-22-9-13-27-49(43)59(56(45)54)47-25-11-7-20-41(47)42-21-8-12-26-48(42)59/h3-36H,1-2H3. The zero-order chi connectivity index (χ0) is 41.6. The van der Waals surface area contributed by atoms with E-state index in [0.717, 1.165) is 50.6 Å². The van der Waals surface area contributed by atoms with Gasteiger partial charge in [-0.05, 0) is 122 Å². The number of anilines is 3. The Bertz CT molecular complexity index is 3670. The van der Waals surface area contributed by atoms with Gasteiger partial charge < -0.3 is 4.90 Å². The average Bonchev–Trinajstić information content (AvgIpc) is 4.09. The summed E-state index contributed by atoms with van der Waals surface area (Å²) in [6, 6.07) is 76.6. The van der Waals surface area contributed by atoms with Crippen molar-refractivity contribution in [3.8, 4) is 39.1 Å². The molecule has 0 unspecified atom stereocenters. The quantitative estimate of drug-likeness (QED) is 0.177. The summed E-state index contributed by atoms with van der Waals surface area (Å²) in [7, 11) is 0. The monoisotopic (exact) mass is 804 g/mol. The van der Waals surface area contributed by atoms with Crippen LogP contribution in [0, 0.1) is 0 Å². The lowest BCUT2D eigenvalue weighted by atomic mass is 9.70. The van der Waals surface area contributed by atoms with Gasteiger partial charge in [-0.2, -0.15) is 0 Å². The zero-order valence-corrected chi connectivity index (χ0v) is 34.9. The molecule has 0 bridgehead atoms. The highest BCUT2D eigenvalue weighted by molar-refractivity contribution is 6.01. The smallest absolute Gasteiger partial charge is 0.220 e. The lowest BCUT2D eigenvalue weighted by molar-refractivity contribution is 0.660. The summed E-state index contributed by atoms with van der Waals surface area (Å²) in [5.74, 6) is 0.896. The maximum absolute atomic E-state index is 5.27. The topological polar surface area (TPSA) is 25.5 Å². The van der Waals surface area contributed by atoms with Gasteiger partial charge in [0.1, 0.15) is 0 Å². The van der Waals surface area contributed by atoms with Crippen molar-refractivity contribution < 1.29 is 0 Å². The molecule has 4 heteroatoms. The molecule has 0 saturated heterocycles. The van der Waals surface area contributed by atoms with E-state index in [1.54, 1.807) is 0 Å². The number of nitrogens with zero attached hydrogens (tertiary/aromatic N) is 4. The SMILES string of the molecule is CC1(C)c2ccccc2-c2ccc(N(c3ccc4c(c3)n3c5ccccc5nc3n4-c3ccccc3)c3cccc4c3C3(c5ccccc5-c5ccccc53)c3ccccc3-4)cc21. The normalized spacial score (nSPS) is 14.4. The van der Waals surface area contributed by atoms with Gasteiger partial charge in [-0.25, -0.2) is 4.98 Å². The highest BCUT2D eigenvalue weighted by Gasteiger charge is 2.53. The van der Waals surface area contributed by atoms with Crippen molar-refractivity contribution in [2.75, 3.05) is 4.90 Å². The summed E-state index contributed by atoms with van der Waals surface area (Å²) in [6.07, 6.45) is 0. The van der Waals surface area contributed by atoms with Crippen molar-refractivity contribution in [1.29, 1.82) is 0 Å². The van der Waals surface area contributed by atoms with E-state index < -0.39 is 5.41 Å². The van der Waals surface area contributed by atoms with Crippen LogP contribution < -0.4 is 4.90 Å². The van der Waals surface area contributed by atoms with Gasteiger partial charge in [0.05, 0.1) is 33.2 Å². The van der Waals surface area contributed by atoms with Crippen molar-refractivity contribution in [3.63, 3.8) is 0 Å². The summed E-state index contributed by atoms with van der Waals surface area (Å²) in [5, 5.41) is 0. The highest BCUT2D eigenvalue weighted by Crippen LogP contribution is 2.65. The molecule has 3 aliphatic carbocycles. The summed E-state index contributed by atoms with van der Waals surface area (Å²) in [6.45, 7) is 4.76. The second kappa shape index (κ2) is 12.3. The predicted molar refractivity (Wildman–Crippen MR) is 258 cm³/mol. The van der Waals surface area contributed by atoms with Crippen LogP contribution in [0.1, 0.15) is 47.2 Å². The van der Waals surface area contributed by atoms with E-state index in [9.17, 15) is 0 Å². The molecule has 2 aromatic heterocycles. The number of hydrogen-bond donors (Lipinski definition) is 0. The molecule has 63 heavy (non-hydrogen) atoms. The molecule has 11 aromatic rings. The first-order valence-corrected chi connectivity index (χ1v) is 22.0. The third-order valence-corrected chi connectivity index (χ3v) is 14.5. The Hall–Kier alpha value is -7.95. The number of benzene rings is 9. The van der Waals surface area contributed by atoms with Gasteiger partial charge in [-0.1, -0.05) is 159 Å². The maximum atomic E-state index is 5.27. The molecule has 0 radical (unpaired) electrons. The van der Waals surface area contributed by atoms with E-state index in [2.05, 4.69) is 234 Å². The van der Waals surface area contributed by atoms with Crippen molar-refractivity contribution in [3.05, 3.63) is 240 Å². The van der Waals surface area contributed by atoms with Crippen LogP contribution in [0.2, 0.25) is 0 Å². The van der Waals surface area contributed by atoms with Crippen molar-refractivity contribution >= 4 is 44.9 Å². The molecule has 296 valence electrons. The fraction of sp³-hybridized carbons (Fsp3) is 0.0678. The van der Waals surface area contributed by atoms with E-state index in [-0.39, 0.29) is 5.41 Å². The van der Waals surface area contributed by atoms with Crippen LogP contribution in [0.15, 0.2) is 206 Å². The summed E-state index contributed by atoms with van der Waals surface area (Å²) in [5.41, 5.74) is 23.8. The van der Waals surface area contributed by atoms with Crippen LogP contribution in [0.3, 0.4) is 0 Å². The molecule has 0 amide bonds. The van der Waals surface area contributed by atoms with Crippen molar-refractivity contribution in [2.24, 2.45) is 0 Å². The molecule has 3 aliphatic rings. The van der Waals surface area contributed by atoms with E-state index >= 15 is 0 Å². The van der Waals surface area contributed by atoms with E-state index in [1.807, 2.05) is 0 Å². The number of hydrogen-bond acceptors (Lipinski definition) is 2. The Morgan fingerprint density at radius 1 is 0.413 bits per heavy atom. The summed E-state index contributed by atoms with van der Waals surface area (Å²) >= 11 is 0. The second-order valence-corrected chi connectivity index (χ2v) is 17.9. The molecule has 0 N–H and O–H groups in total. The lowest BCUT2D eigenvalue weighted by Crippen LogP contribution is -2.28. The number of fused-ring (bicyclic) bond motifs is 18. The molecular weight excluding hydrogens is 765 g/mol. The largest absolute Gasteiger partial charge is 0.310 e. The predicted octanol–water partition coefficient (Wildman–Crippen LogP) is 14.6. The molecule has 1 spiro atoms. The number of aromatic nitrogens is 3. The summed E-state index contributed by atoms with van der Waals surface area (Å²) in [4.78, 5) is 7.82. The van der Waals surface area contributed by atoms with Gasteiger partial charge in [0.2, 0.25) is 5.78 Å². The van der Waals surface area contributed by atoms with E-state index in [0.29, 0.717) is 0 Å². The minimum absolute atomic E-state index is 0.175. The molecular formula is C59H40N4. The maximum Gasteiger partial charge on any atom is 0.220 e. The zero-order valence-electron chi connectivity index (χ0n) is 34.9. The van der Waals surface area contributed by atoms with Gasteiger partial charge in [0.25, 0.3) is 0 Å². The van der Waals surface area contributed by atoms with Crippen molar-refractivity contribution in [2.45, 2.75) is 24.7 Å². The third kappa shape index (κ3) is 4.37. The van der Waals surface area contributed by atoms with Crippen LogP contribution in [-0.4, -0.2) is 14.0 Å². The molecule has 14 rings (SSSR count). The average molecular weight is 805 g/mol. The molecule has 4 nitrogen and oxygen atoms in total. The molecule has 0 aliphatic heterocycles. The van der Waals surface area contributed by atoms with Gasteiger partial charge in [0, 0.05) is 28.0 Å². The minimum atomic E-state index is -0.533. The Morgan fingerprint density at radius 2 is 0.952 bits per heavy atom. The first kappa shape index (κ1) is 34.7. The molecule has 0 saturated carbocycles. The highest BCUT2D eigenvalue weighted by atomic mass is 15.2. The van der Waals surface area contributed by atoms with E-state index in [1.165, 1.54) is 66.8 Å². The number of imidazole rings is 2. The summed E-state index contributed by atoms with van der Waals surface area (Å²) < 4.78 is 4.65. The third-order valence-electron chi connectivity index (χ3n) is 14.5. The van der Waals surface area contributed by atoms with Crippen LogP contribution >= 0.6 is 0 Å². The Balaban J connectivity index is 1.10. The van der Waals surface area contributed by atoms with Gasteiger partial charge in [0.15, 0.2) is 0 Å². The number of rotatable bonds is 4. The molecule has 0 fully saturated rings. The van der Waals surface area contributed by atoms with Crippen LogP contribution in [0.25, 0.3) is 66.9 Å². The Morgan fingerprint density at radius 3 is 1.67 bits per heavy atom. The fourth-order valence-corrected chi connectivity index (χ4v) is 11.9. The lowest BCUT2D eigenvalue weighted by Gasteiger charge is -2.36. The van der Waals surface area contributed by atoms with Gasteiger partial charge >= 0.3 is 0 Å². The van der Waals surface area contributed by atoms with Crippen LogP contribution in [0.5, 0.6) is 0 Å². The molecule has 2 heterocycles. The van der Waals surface area contributed by atoms with E-state index in [4.69, 9.17) is 4.98 Å².